The molecule has 1 aromatic carbocycles. The fraction of sp³-hybridized carbons (Fsp3) is 0.600. The Morgan fingerprint density at radius 2 is 2.22 bits per heavy atom. The normalized spacial score (nSPS) is 25.3. The van der Waals surface area contributed by atoms with Crippen molar-refractivity contribution in [2.24, 2.45) is 11.7 Å². The number of hydrogen-bond donors (Lipinski definition) is 1. The second-order valence-corrected chi connectivity index (χ2v) is 6.00. The molecule has 2 N–H and O–H groups in total. The molecule has 2 atom stereocenters. The van der Waals surface area contributed by atoms with Gasteiger partial charge in [-0.25, -0.2) is 0 Å². The van der Waals surface area contributed by atoms with E-state index in [1.54, 1.807) is 0 Å². The van der Waals surface area contributed by atoms with Gasteiger partial charge in [0.2, 0.25) is 0 Å². The Kier molecular flexibility index (Phi) is 4.66. The van der Waals surface area contributed by atoms with Crippen LogP contribution >= 0.6 is 11.6 Å². The largest absolute Gasteiger partial charge is 0.329 e. The quantitative estimate of drug-likeness (QED) is 0.910. The first-order valence-corrected chi connectivity index (χ1v) is 7.17. The van der Waals surface area contributed by atoms with E-state index in [9.17, 15) is 0 Å². The highest BCUT2D eigenvalue weighted by atomic mass is 35.5. The maximum atomic E-state index is 6.00. The minimum atomic E-state index is 0.531. The van der Waals surface area contributed by atoms with Gasteiger partial charge in [0.1, 0.15) is 0 Å². The average Bonchev–Trinajstić information content (AvgIpc) is 2.34. The Hall–Kier alpha value is -0.570. The van der Waals surface area contributed by atoms with Crippen molar-refractivity contribution in [3.63, 3.8) is 0 Å². The van der Waals surface area contributed by atoms with Gasteiger partial charge in [-0.2, -0.15) is 0 Å². The summed E-state index contributed by atoms with van der Waals surface area (Å²) in [7, 11) is 0. The van der Waals surface area contributed by atoms with E-state index in [2.05, 4.69) is 24.8 Å². The second kappa shape index (κ2) is 6.05. The molecule has 1 aliphatic rings. The van der Waals surface area contributed by atoms with Crippen molar-refractivity contribution in [3.05, 3.63) is 34.3 Å². The molecule has 1 heterocycles. The molecule has 1 fully saturated rings. The molecular formula is C15H23ClN2. The van der Waals surface area contributed by atoms with E-state index in [1.165, 1.54) is 24.0 Å². The molecular weight excluding hydrogens is 244 g/mol. The Bertz CT molecular complexity index is 405. The van der Waals surface area contributed by atoms with Gasteiger partial charge in [-0.1, -0.05) is 24.6 Å². The van der Waals surface area contributed by atoms with Crippen LogP contribution in [0.4, 0.5) is 0 Å². The van der Waals surface area contributed by atoms with E-state index in [0.717, 1.165) is 30.6 Å². The molecule has 0 aromatic heterocycles. The first-order valence-electron chi connectivity index (χ1n) is 6.79. The number of hydrogen-bond acceptors (Lipinski definition) is 2. The zero-order valence-electron chi connectivity index (χ0n) is 11.3. The van der Waals surface area contributed by atoms with Gasteiger partial charge in [-0.05, 0) is 55.5 Å². The molecule has 0 radical (unpaired) electrons. The number of benzene rings is 1. The summed E-state index contributed by atoms with van der Waals surface area (Å²) in [6.45, 7) is 7.37. The van der Waals surface area contributed by atoms with Crippen LogP contribution < -0.4 is 5.73 Å². The van der Waals surface area contributed by atoms with Gasteiger partial charge in [0.25, 0.3) is 0 Å². The summed E-state index contributed by atoms with van der Waals surface area (Å²) in [6.07, 6.45) is 2.51. The molecule has 3 heteroatoms. The molecule has 1 aliphatic heterocycles. The predicted molar refractivity (Wildman–Crippen MR) is 77.8 cm³/mol. The molecule has 1 saturated heterocycles. The van der Waals surface area contributed by atoms with Gasteiger partial charge in [-0.15, -0.1) is 0 Å². The minimum absolute atomic E-state index is 0.531. The van der Waals surface area contributed by atoms with Gasteiger partial charge >= 0.3 is 0 Å². The minimum Gasteiger partial charge on any atom is -0.329 e. The monoisotopic (exact) mass is 266 g/mol. The van der Waals surface area contributed by atoms with Crippen LogP contribution in [0.3, 0.4) is 0 Å². The number of piperidine rings is 1. The lowest BCUT2D eigenvalue weighted by Gasteiger charge is -2.38. The first-order chi connectivity index (χ1) is 8.60. The lowest BCUT2D eigenvalue weighted by Crippen LogP contribution is -2.45. The van der Waals surface area contributed by atoms with E-state index < -0.39 is 0 Å². The summed E-state index contributed by atoms with van der Waals surface area (Å²) in [5.74, 6) is 0.807. The van der Waals surface area contributed by atoms with E-state index in [0.29, 0.717) is 6.04 Å². The first kappa shape index (κ1) is 13.9. The van der Waals surface area contributed by atoms with Crippen LogP contribution in [0.25, 0.3) is 0 Å². The zero-order chi connectivity index (χ0) is 13.1. The second-order valence-electron chi connectivity index (χ2n) is 5.56. The van der Waals surface area contributed by atoms with Gasteiger partial charge in [0.15, 0.2) is 0 Å². The van der Waals surface area contributed by atoms with Crippen molar-refractivity contribution in [1.82, 2.24) is 4.90 Å². The number of aryl methyl sites for hydroxylation is 1. The number of nitrogens with zero attached hydrogens (tertiary/aromatic N) is 1. The van der Waals surface area contributed by atoms with E-state index in [4.69, 9.17) is 17.3 Å². The maximum Gasteiger partial charge on any atom is 0.0408 e. The molecule has 0 amide bonds. The van der Waals surface area contributed by atoms with Crippen molar-refractivity contribution in [1.29, 1.82) is 0 Å². The van der Waals surface area contributed by atoms with E-state index in [-0.39, 0.29) is 0 Å². The van der Waals surface area contributed by atoms with Crippen molar-refractivity contribution in [2.75, 3.05) is 13.1 Å². The molecule has 0 saturated carbocycles. The highest BCUT2D eigenvalue weighted by Gasteiger charge is 2.25. The summed E-state index contributed by atoms with van der Waals surface area (Å²) in [5, 5.41) is 0.818. The van der Waals surface area contributed by atoms with Crippen LogP contribution in [-0.2, 0) is 6.54 Å². The van der Waals surface area contributed by atoms with Crippen LogP contribution in [0.1, 0.15) is 30.9 Å². The van der Waals surface area contributed by atoms with E-state index >= 15 is 0 Å². The number of rotatable bonds is 3. The summed E-state index contributed by atoms with van der Waals surface area (Å²) < 4.78 is 0. The fourth-order valence-corrected chi connectivity index (χ4v) is 3.04. The zero-order valence-corrected chi connectivity index (χ0v) is 12.1. The van der Waals surface area contributed by atoms with Crippen LogP contribution in [0.5, 0.6) is 0 Å². The Morgan fingerprint density at radius 3 is 2.89 bits per heavy atom. The van der Waals surface area contributed by atoms with Crippen LogP contribution in [0.15, 0.2) is 18.2 Å². The Balaban J connectivity index is 2.07. The van der Waals surface area contributed by atoms with Crippen molar-refractivity contribution < 1.29 is 0 Å². The topological polar surface area (TPSA) is 29.3 Å². The molecule has 0 aliphatic carbocycles. The Labute approximate surface area is 115 Å². The molecule has 0 bridgehead atoms. The van der Waals surface area contributed by atoms with E-state index in [1.807, 2.05) is 12.1 Å². The predicted octanol–water partition coefficient (Wildman–Crippen LogP) is 3.21. The molecule has 2 unspecified atom stereocenters. The van der Waals surface area contributed by atoms with Crippen molar-refractivity contribution in [2.45, 2.75) is 39.3 Å². The molecule has 1 aromatic rings. The summed E-state index contributed by atoms with van der Waals surface area (Å²) in [4.78, 5) is 2.52. The summed E-state index contributed by atoms with van der Waals surface area (Å²) >= 11 is 6.00. The highest BCUT2D eigenvalue weighted by Crippen LogP contribution is 2.25. The number of halogens is 1. The SMILES string of the molecule is Cc1cc(Cl)ccc1CN1CCC(C)CC1CN. The van der Waals surface area contributed by atoms with Crippen LogP contribution in [0.2, 0.25) is 5.02 Å². The van der Waals surface area contributed by atoms with Crippen molar-refractivity contribution >= 4 is 11.6 Å². The molecule has 2 nitrogen and oxygen atoms in total. The van der Waals surface area contributed by atoms with Crippen LogP contribution in [0, 0.1) is 12.8 Å². The maximum absolute atomic E-state index is 6.00. The van der Waals surface area contributed by atoms with Gasteiger partial charge in [-0.3, -0.25) is 4.90 Å². The smallest absolute Gasteiger partial charge is 0.0408 e. The molecule has 2 rings (SSSR count). The number of likely N-dealkylation sites (tertiary alicyclic amines) is 1. The van der Waals surface area contributed by atoms with Crippen LogP contribution in [-0.4, -0.2) is 24.0 Å². The number of nitrogens with two attached hydrogens (primary N) is 1. The molecule has 100 valence electrons. The fourth-order valence-electron chi connectivity index (χ4n) is 2.81. The third-order valence-corrected chi connectivity index (χ3v) is 4.29. The lowest BCUT2D eigenvalue weighted by molar-refractivity contribution is 0.115. The molecule has 18 heavy (non-hydrogen) atoms. The standard InChI is InChI=1S/C15H23ClN2/c1-11-5-6-18(15(7-11)9-17)10-13-3-4-14(16)8-12(13)2/h3-4,8,11,15H,5-7,9-10,17H2,1-2H3. The van der Waals surface area contributed by atoms with Gasteiger partial charge in [0.05, 0.1) is 0 Å². The average molecular weight is 267 g/mol. The van der Waals surface area contributed by atoms with Gasteiger partial charge < -0.3 is 5.73 Å². The summed E-state index contributed by atoms with van der Waals surface area (Å²) in [5.41, 5.74) is 8.55. The summed E-state index contributed by atoms with van der Waals surface area (Å²) in [6, 6.07) is 6.70. The third-order valence-electron chi connectivity index (χ3n) is 4.05. The highest BCUT2D eigenvalue weighted by molar-refractivity contribution is 6.30. The molecule has 0 spiro atoms. The van der Waals surface area contributed by atoms with Gasteiger partial charge in [0, 0.05) is 24.2 Å². The Morgan fingerprint density at radius 1 is 1.44 bits per heavy atom. The lowest BCUT2D eigenvalue weighted by atomic mass is 9.92. The van der Waals surface area contributed by atoms with Crippen molar-refractivity contribution in [3.8, 4) is 0 Å². The third kappa shape index (κ3) is 3.25.